The molecule has 0 fully saturated rings. The Morgan fingerprint density at radius 1 is 1.30 bits per heavy atom. The van der Waals surface area contributed by atoms with Crippen LogP contribution in [0, 0.1) is 0 Å². The van der Waals surface area contributed by atoms with Crippen LogP contribution in [0.2, 0.25) is 0 Å². The van der Waals surface area contributed by atoms with E-state index in [1.54, 1.807) is 35.2 Å². The number of hydrogen-bond donors (Lipinski definition) is 2. The zero-order valence-electron chi connectivity index (χ0n) is 10.5. The number of hydrogen-bond acceptors (Lipinski definition) is 4. The number of rotatable bonds is 3. The van der Waals surface area contributed by atoms with Gasteiger partial charge in [-0.25, -0.2) is 4.98 Å². The topological polar surface area (TPSA) is 94.0 Å². The normalized spacial score (nSPS) is 10.8. The van der Waals surface area contributed by atoms with Crippen LogP contribution < -0.4 is 5.73 Å². The number of carbonyl (C=O) groups is 1. The molecule has 6 nitrogen and oxygen atoms in total. The number of nitrogen functional groups attached to an aromatic ring is 1. The number of pyridine rings is 1. The Morgan fingerprint density at radius 3 is 2.85 bits per heavy atom. The first-order valence-electron chi connectivity index (χ1n) is 6.04. The van der Waals surface area contributed by atoms with E-state index in [-0.39, 0.29) is 6.54 Å². The molecule has 100 valence electrons. The molecule has 0 radical (unpaired) electrons. The van der Waals surface area contributed by atoms with Gasteiger partial charge in [-0.3, -0.25) is 9.78 Å². The lowest BCUT2D eigenvalue weighted by Crippen LogP contribution is -2.10. The Labute approximate surface area is 114 Å². The van der Waals surface area contributed by atoms with Crippen molar-refractivity contribution in [3.05, 3.63) is 42.7 Å². The van der Waals surface area contributed by atoms with E-state index >= 15 is 0 Å². The molecule has 2 heterocycles. The number of fused-ring (bicyclic) bond motifs is 1. The van der Waals surface area contributed by atoms with E-state index in [0.29, 0.717) is 22.5 Å². The molecule has 0 unspecified atom stereocenters. The van der Waals surface area contributed by atoms with Crippen molar-refractivity contribution in [2.45, 2.75) is 6.54 Å². The van der Waals surface area contributed by atoms with Gasteiger partial charge in [0.1, 0.15) is 17.9 Å². The van der Waals surface area contributed by atoms with Crippen LogP contribution in [0.25, 0.3) is 22.4 Å². The van der Waals surface area contributed by atoms with E-state index < -0.39 is 5.97 Å². The molecule has 6 heteroatoms. The minimum absolute atomic E-state index is 0.176. The molecule has 3 aromatic rings. The summed E-state index contributed by atoms with van der Waals surface area (Å²) < 4.78 is 1.63. The first-order valence-corrected chi connectivity index (χ1v) is 6.04. The molecule has 1 aromatic carbocycles. The van der Waals surface area contributed by atoms with Crippen LogP contribution in [0.4, 0.5) is 5.69 Å². The average Bonchev–Trinajstić information content (AvgIpc) is 2.80. The Morgan fingerprint density at radius 2 is 2.15 bits per heavy atom. The SMILES string of the molecule is Nc1cccc2c1nc(-c1cccnc1)n2CC(=O)O. The second-order valence-electron chi connectivity index (χ2n) is 4.37. The molecule has 0 saturated heterocycles. The van der Waals surface area contributed by atoms with Crippen molar-refractivity contribution in [3.63, 3.8) is 0 Å². The highest BCUT2D eigenvalue weighted by Crippen LogP contribution is 2.27. The molecule has 2 aromatic heterocycles. The highest BCUT2D eigenvalue weighted by Gasteiger charge is 2.16. The standard InChI is InChI=1S/C14H12N4O2/c15-10-4-1-5-11-13(10)17-14(18(11)8-12(19)20)9-3-2-6-16-7-9/h1-7H,8,15H2,(H,19,20). The zero-order chi connectivity index (χ0) is 14.1. The summed E-state index contributed by atoms with van der Waals surface area (Å²) in [6.07, 6.45) is 3.30. The Balaban J connectivity index is 2.30. The summed E-state index contributed by atoms with van der Waals surface area (Å²) in [5, 5.41) is 9.09. The van der Waals surface area contributed by atoms with Gasteiger partial charge in [-0.2, -0.15) is 0 Å². The van der Waals surface area contributed by atoms with Crippen molar-refractivity contribution in [2.75, 3.05) is 5.73 Å². The summed E-state index contributed by atoms with van der Waals surface area (Å²) >= 11 is 0. The van der Waals surface area contributed by atoms with Crippen molar-refractivity contribution < 1.29 is 9.90 Å². The molecule has 0 aliphatic rings. The molecule has 3 rings (SSSR count). The number of carboxylic acids is 1. The smallest absolute Gasteiger partial charge is 0.323 e. The van der Waals surface area contributed by atoms with E-state index in [1.165, 1.54) is 0 Å². The Kier molecular flexibility index (Phi) is 2.83. The second kappa shape index (κ2) is 4.65. The van der Waals surface area contributed by atoms with Gasteiger partial charge >= 0.3 is 5.97 Å². The number of carboxylic acid groups (broad SMARTS) is 1. The predicted octanol–water partition coefficient (Wildman–Crippen LogP) is 1.77. The van der Waals surface area contributed by atoms with Crippen LogP contribution in [0.1, 0.15) is 0 Å². The number of anilines is 1. The van der Waals surface area contributed by atoms with E-state index in [0.717, 1.165) is 5.56 Å². The molecule has 0 amide bonds. The zero-order valence-corrected chi connectivity index (χ0v) is 10.5. The number of nitrogens with two attached hydrogens (primary N) is 1. The van der Waals surface area contributed by atoms with Crippen molar-refractivity contribution in [1.29, 1.82) is 0 Å². The monoisotopic (exact) mass is 268 g/mol. The first-order chi connectivity index (χ1) is 9.66. The molecular weight excluding hydrogens is 256 g/mol. The summed E-state index contributed by atoms with van der Waals surface area (Å²) in [4.78, 5) is 19.6. The van der Waals surface area contributed by atoms with Crippen LogP contribution in [-0.4, -0.2) is 25.6 Å². The number of imidazole rings is 1. The highest BCUT2D eigenvalue weighted by atomic mass is 16.4. The third kappa shape index (κ3) is 1.97. The number of nitrogens with zero attached hydrogens (tertiary/aromatic N) is 3. The molecule has 0 spiro atoms. The Hall–Kier alpha value is -2.89. The van der Waals surface area contributed by atoms with Gasteiger partial charge in [-0.1, -0.05) is 6.07 Å². The van der Waals surface area contributed by atoms with Crippen LogP contribution >= 0.6 is 0 Å². The summed E-state index contributed by atoms with van der Waals surface area (Å²) in [7, 11) is 0. The number of para-hydroxylation sites is 1. The predicted molar refractivity (Wildman–Crippen MR) is 75.0 cm³/mol. The lowest BCUT2D eigenvalue weighted by Gasteiger charge is -2.05. The number of benzene rings is 1. The van der Waals surface area contributed by atoms with E-state index in [1.807, 2.05) is 12.1 Å². The van der Waals surface area contributed by atoms with Crippen molar-refractivity contribution in [2.24, 2.45) is 0 Å². The molecule has 0 aliphatic carbocycles. The van der Waals surface area contributed by atoms with Crippen LogP contribution in [0.3, 0.4) is 0 Å². The first kappa shape index (κ1) is 12.2. The highest BCUT2D eigenvalue weighted by molar-refractivity contribution is 5.91. The molecule has 3 N–H and O–H groups in total. The molecule has 0 saturated carbocycles. The van der Waals surface area contributed by atoms with Crippen LogP contribution in [0.5, 0.6) is 0 Å². The maximum absolute atomic E-state index is 11.1. The van der Waals surface area contributed by atoms with Gasteiger partial charge in [0.2, 0.25) is 0 Å². The summed E-state index contributed by atoms with van der Waals surface area (Å²) in [6, 6.07) is 8.95. The van der Waals surface area contributed by atoms with Gasteiger partial charge in [0.25, 0.3) is 0 Å². The largest absolute Gasteiger partial charge is 0.480 e. The van der Waals surface area contributed by atoms with Crippen LogP contribution in [-0.2, 0) is 11.3 Å². The fraction of sp³-hybridized carbons (Fsp3) is 0.0714. The van der Waals surface area contributed by atoms with Crippen molar-refractivity contribution >= 4 is 22.7 Å². The average molecular weight is 268 g/mol. The summed E-state index contributed by atoms with van der Waals surface area (Å²) in [5.74, 6) is -0.384. The fourth-order valence-corrected chi connectivity index (χ4v) is 2.18. The fourth-order valence-electron chi connectivity index (χ4n) is 2.18. The van der Waals surface area contributed by atoms with Crippen LogP contribution in [0.15, 0.2) is 42.7 Å². The van der Waals surface area contributed by atoms with Crippen molar-refractivity contribution in [3.8, 4) is 11.4 Å². The molecule has 0 aliphatic heterocycles. The maximum atomic E-state index is 11.1. The number of aliphatic carboxylic acids is 1. The third-order valence-corrected chi connectivity index (χ3v) is 3.02. The third-order valence-electron chi connectivity index (χ3n) is 3.02. The quantitative estimate of drug-likeness (QED) is 0.706. The van der Waals surface area contributed by atoms with Gasteiger partial charge in [0.15, 0.2) is 0 Å². The van der Waals surface area contributed by atoms with Gasteiger partial charge in [-0.05, 0) is 24.3 Å². The molecular formula is C14H12N4O2. The second-order valence-corrected chi connectivity index (χ2v) is 4.37. The van der Waals surface area contributed by atoms with Gasteiger partial charge in [0.05, 0.1) is 11.2 Å². The summed E-state index contributed by atoms with van der Waals surface area (Å²) in [6.45, 7) is -0.176. The maximum Gasteiger partial charge on any atom is 0.323 e. The molecule has 0 bridgehead atoms. The van der Waals surface area contributed by atoms with Gasteiger partial charge < -0.3 is 15.4 Å². The lowest BCUT2D eigenvalue weighted by molar-refractivity contribution is -0.137. The molecule has 20 heavy (non-hydrogen) atoms. The van der Waals surface area contributed by atoms with Gasteiger partial charge in [0, 0.05) is 18.0 Å². The summed E-state index contributed by atoms with van der Waals surface area (Å²) in [5.41, 5.74) is 8.49. The molecule has 0 atom stereocenters. The minimum Gasteiger partial charge on any atom is -0.480 e. The Bertz CT molecular complexity index is 780. The van der Waals surface area contributed by atoms with Crippen molar-refractivity contribution in [1.82, 2.24) is 14.5 Å². The van der Waals surface area contributed by atoms with E-state index in [4.69, 9.17) is 10.8 Å². The van der Waals surface area contributed by atoms with Gasteiger partial charge in [-0.15, -0.1) is 0 Å². The van der Waals surface area contributed by atoms with E-state index in [9.17, 15) is 4.79 Å². The number of aromatic nitrogens is 3. The lowest BCUT2D eigenvalue weighted by atomic mass is 10.2. The minimum atomic E-state index is -0.933. The van der Waals surface area contributed by atoms with E-state index in [2.05, 4.69) is 9.97 Å².